The van der Waals surface area contributed by atoms with Gasteiger partial charge in [-0.25, -0.2) is 4.39 Å². The van der Waals surface area contributed by atoms with E-state index in [1.807, 2.05) is 19.9 Å². The van der Waals surface area contributed by atoms with Crippen molar-refractivity contribution in [2.24, 2.45) is 0 Å². The summed E-state index contributed by atoms with van der Waals surface area (Å²) >= 11 is 0. The van der Waals surface area contributed by atoms with Crippen LogP contribution in [0.3, 0.4) is 0 Å². The molecule has 0 amide bonds. The fourth-order valence-electron chi connectivity index (χ4n) is 2.20. The standard InChI is InChI=1S/C16H19FN2O2/c1-4-12-10-14(19(5-2)18-12)15(20)9-11-6-7-16(21-3)13(17)8-11/h6-8,10H,4-5,9H2,1-3H3. The van der Waals surface area contributed by atoms with Crippen molar-refractivity contribution in [3.63, 3.8) is 0 Å². The van der Waals surface area contributed by atoms with Gasteiger partial charge in [0.15, 0.2) is 17.3 Å². The number of nitrogens with zero attached hydrogens (tertiary/aromatic N) is 2. The molecule has 4 nitrogen and oxygen atoms in total. The number of aryl methyl sites for hydroxylation is 2. The topological polar surface area (TPSA) is 44.1 Å². The molecular weight excluding hydrogens is 271 g/mol. The number of halogens is 1. The molecular formula is C16H19FN2O2. The van der Waals surface area contributed by atoms with E-state index < -0.39 is 5.82 Å². The maximum Gasteiger partial charge on any atom is 0.185 e. The van der Waals surface area contributed by atoms with Crippen LogP contribution in [0.2, 0.25) is 0 Å². The molecule has 0 bridgehead atoms. The molecule has 21 heavy (non-hydrogen) atoms. The second-order valence-corrected chi connectivity index (χ2v) is 4.76. The number of rotatable bonds is 6. The highest BCUT2D eigenvalue weighted by molar-refractivity contribution is 5.96. The molecule has 0 aliphatic rings. The maximum absolute atomic E-state index is 13.7. The molecule has 1 heterocycles. The Labute approximate surface area is 123 Å². The number of carbonyl (C=O) groups is 1. The minimum absolute atomic E-state index is 0.0615. The Morgan fingerprint density at radius 2 is 2.10 bits per heavy atom. The molecule has 1 aromatic heterocycles. The van der Waals surface area contributed by atoms with Gasteiger partial charge in [0.05, 0.1) is 12.8 Å². The van der Waals surface area contributed by atoms with Crippen molar-refractivity contribution < 1.29 is 13.9 Å². The molecule has 0 atom stereocenters. The van der Waals surface area contributed by atoms with Crippen molar-refractivity contribution in [1.29, 1.82) is 0 Å². The van der Waals surface area contributed by atoms with Crippen molar-refractivity contribution in [3.05, 3.63) is 47.0 Å². The van der Waals surface area contributed by atoms with E-state index in [-0.39, 0.29) is 18.0 Å². The Morgan fingerprint density at radius 3 is 2.67 bits per heavy atom. The van der Waals surface area contributed by atoms with E-state index in [2.05, 4.69) is 5.10 Å². The molecule has 0 saturated heterocycles. The summed E-state index contributed by atoms with van der Waals surface area (Å²) in [6, 6.07) is 6.38. The van der Waals surface area contributed by atoms with E-state index in [0.29, 0.717) is 17.8 Å². The molecule has 2 aromatic rings. The lowest BCUT2D eigenvalue weighted by atomic mass is 10.1. The summed E-state index contributed by atoms with van der Waals surface area (Å²) < 4.78 is 20.2. The van der Waals surface area contributed by atoms with Gasteiger partial charge in [-0.15, -0.1) is 0 Å². The van der Waals surface area contributed by atoms with Gasteiger partial charge in [0.25, 0.3) is 0 Å². The van der Waals surface area contributed by atoms with Gasteiger partial charge in [-0.2, -0.15) is 5.10 Å². The molecule has 0 aliphatic carbocycles. The van der Waals surface area contributed by atoms with Crippen molar-refractivity contribution in [2.75, 3.05) is 7.11 Å². The van der Waals surface area contributed by atoms with E-state index in [1.165, 1.54) is 19.2 Å². The van der Waals surface area contributed by atoms with Crippen LogP contribution in [0.4, 0.5) is 4.39 Å². The highest BCUT2D eigenvalue weighted by Gasteiger charge is 2.15. The number of hydrogen-bond acceptors (Lipinski definition) is 3. The van der Waals surface area contributed by atoms with Crippen LogP contribution in [0.25, 0.3) is 0 Å². The number of hydrogen-bond donors (Lipinski definition) is 0. The first kappa shape index (κ1) is 15.2. The summed E-state index contributed by atoms with van der Waals surface area (Å²) in [5, 5.41) is 4.36. The summed E-state index contributed by atoms with van der Waals surface area (Å²) in [6.07, 6.45) is 0.931. The monoisotopic (exact) mass is 290 g/mol. The molecule has 0 N–H and O–H groups in total. The van der Waals surface area contributed by atoms with Crippen LogP contribution in [-0.2, 0) is 19.4 Å². The molecule has 0 saturated carbocycles. The lowest BCUT2D eigenvalue weighted by Crippen LogP contribution is -2.11. The predicted octanol–water partition coefficient (Wildman–Crippen LogP) is 3.04. The fraction of sp³-hybridized carbons (Fsp3) is 0.375. The van der Waals surface area contributed by atoms with Crippen LogP contribution < -0.4 is 4.74 Å². The minimum Gasteiger partial charge on any atom is -0.494 e. The first-order valence-corrected chi connectivity index (χ1v) is 7.01. The van der Waals surface area contributed by atoms with Crippen LogP contribution >= 0.6 is 0 Å². The van der Waals surface area contributed by atoms with E-state index in [1.54, 1.807) is 10.7 Å². The first-order chi connectivity index (χ1) is 10.1. The normalized spacial score (nSPS) is 10.7. The number of aromatic nitrogens is 2. The van der Waals surface area contributed by atoms with E-state index >= 15 is 0 Å². The molecule has 0 spiro atoms. The van der Waals surface area contributed by atoms with Gasteiger partial charge < -0.3 is 4.74 Å². The van der Waals surface area contributed by atoms with Crippen LogP contribution in [0.1, 0.15) is 35.6 Å². The second kappa shape index (κ2) is 6.52. The van der Waals surface area contributed by atoms with Crippen LogP contribution in [0.15, 0.2) is 24.3 Å². The highest BCUT2D eigenvalue weighted by atomic mass is 19.1. The predicted molar refractivity (Wildman–Crippen MR) is 78.3 cm³/mol. The SMILES string of the molecule is CCc1cc(C(=O)Cc2ccc(OC)c(F)c2)n(CC)n1. The lowest BCUT2D eigenvalue weighted by molar-refractivity contribution is 0.0982. The summed E-state index contributed by atoms with van der Waals surface area (Å²) in [5.74, 6) is -0.340. The zero-order valence-corrected chi connectivity index (χ0v) is 12.5. The zero-order chi connectivity index (χ0) is 15.4. The van der Waals surface area contributed by atoms with Gasteiger partial charge in [0.1, 0.15) is 5.69 Å². The summed E-state index contributed by atoms with van der Waals surface area (Å²) in [4.78, 5) is 12.4. The Hall–Kier alpha value is -2.17. The fourth-order valence-corrected chi connectivity index (χ4v) is 2.20. The van der Waals surface area contributed by atoms with Crippen molar-refractivity contribution in [1.82, 2.24) is 9.78 Å². The van der Waals surface area contributed by atoms with E-state index in [0.717, 1.165) is 12.1 Å². The Morgan fingerprint density at radius 1 is 1.33 bits per heavy atom. The summed E-state index contributed by atoms with van der Waals surface area (Å²) in [7, 11) is 1.41. The molecule has 112 valence electrons. The van der Waals surface area contributed by atoms with Gasteiger partial charge in [0, 0.05) is 13.0 Å². The summed E-state index contributed by atoms with van der Waals surface area (Å²) in [5.41, 5.74) is 2.09. The Kier molecular flexibility index (Phi) is 4.73. The average Bonchev–Trinajstić information content (AvgIpc) is 2.91. The number of carbonyl (C=O) groups excluding carboxylic acids is 1. The average molecular weight is 290 g/mol. The van der Waals surface area contributed by atoms with Crippen molar-refractivity contribution in [2.45, 2.75) is 33.2 Å². The molecule has 0 unspecified atom stereocenters. The zero-order valence-electron chi connectivity index (χ0n) is 12.5. The number of Topliss-reactive ketones (excluding diaryl/α,β-unsaturated/α-hetero) is 1. The van der Waals surface area contributed by atoms with Crippen molar-refractivity contribution in [3.8, 4) is 5.75 Å². The minimum atomic E-state index is -0.457. The molecule has 0 radical (unpaired) electrons. The van der Waals surface area contributed by atoms with Gasteiger partial charge in [-0.05, 0) is 37.1 Å². The molecule has 0 fully saturated rings. The smallest absolute Gasteiger partial charge is 0.185 e. The molecule has 2 rings (SSSR count). The molecule has 0 aliphatic heterocycles. The van der Waals surface area contributed by atoms with Crippen LogP contribution in [-0.4, -0.2) is 22.7 Å². The van der Waals surface area contributed by atoms with Crippen LogP contribution in [0.5, 0.6) is 5.75 Å². The Balaban J connectivity index is 2.21. The van der Waals surface area contributed by atoms with Gasteiger partial charge in [0.2, 0.25) is 0 Å². The number of ketones is 1. The van der Waals surface area contributed by atoms with Crippen LogP contribution in [0, 0.1) is 5.82 Å². The lowest BCUT2D eigenvalue weighted by Gasteiger charge is -2.06. The number of methoxy groups -OCH3 is 1. The van der Waals surface area contributed by atoms with E-state index in [9.17, 15) is 9.18 Å². The maximum atomic E-state index is 13.7. The molecule has 1 aromatic carbocycles. The largest absolute Gasteiger partial charge is 0.494 e. The number of ether oxygens (including phenoxy) is 1. The highest BCUT2D eigenvalue weighted by Crippen LogP contribution is 2.19. The van der Waals surface area contributed by atoms with Gasteiger partial charge in [-0.1, -0.05) is 13.0 Å². The molecule has 5 heteroatoms. The third-order valence-corrected chi connectivity index (χ3v) is 3.36. The van der Waals surface area contributed by atoms with Gasteiger partial charge in [-0.3, -0.25) is 9.48 Å². The first-order valence-electron chi connectivity index (χ1n) is 7.01. The quantitative estimate of drug-likeness (QED) is 0.768. The number of benzene rings is 1. The Bertz CT molecular complexity index is 650. The third-order valence-electron chi connectivity index (χ3n) is 3.36. The van der Waals surface area contributed by atoms with Crippen molar-refractivity contribution >= 4 is 5.78 Å². The van der Waals surface area contributed by atoms with E-state index in [4.69, 9.17) is 4.74 Å². The van der Waals surface area contributed by atoms with Gasteiger partial charge >= 0.3 is 0 Å². The second-order valence-electron chi connectivity index (χ2n) is 4.76. The third kappa shape index (κ3) is 3.29. The summed E-state index contributed by atoms with van der Waals surface area (Å²) in [6.45, 7) is 4.57.